The maximum absolute atomic E-state index is 13.2. The third kappa shape index (κ3) is 4.92. The van der Waals surface area contributed by atoms with E-state index < -0.39 is 10.0 Å². The normalized spacial score (nSPS) is 18.3. The summed E-state index contributed by atoms with van der Waals surface area (Å²) < 4.78 is 39.6. The lowest BCUT2D eigenvalue weighted by Gasteiger charge is -2.34. The van der Waals surface area contributed by atoms with Crippen molar-refractivity contribution >= 4 is 21.6 Å². The van der Waals surface area contributed by atoms with Gasteiger partial charge in [0.25, 0.3) is 15.9 Å². The molecule has 166 valence electrons. The van der Waals surface area contributed by atoms with Gasteiger partial charge in [0.1, 0.15) is 0 Å². The molecule has 2 aliphatic rings. The Morgan fingerprint density at radius 3 is 2.42 bits per heavy atom. The molecule has 31 heavy (non-hydrogen) atoms. The molecule has 8 heteroatoms. The van der Waals surface area contributed by atoms with Gasteiger partial charge in [0, 0.05) is 30.3 Å². The second-order valence-corrected chi connectivity index (χ2v) is 9.87. The number of hydrogen-bond acceptors (Lipinski definition) is 5. The number of benzene rings is 2. The fourth-order valence-electron chi connectivity index (χ4n) is 4.12. The fourth-order valence-corrected chi connectivity index (χ4v) is 5.19. The van der Waals surface area contributed by atoms with E-state index in [1.54, 1.807) is 29.2 Å². The van der Waals surface area contributed by atoms with Crippen molar-refractivity contribution in [3.05, 3.63) is 59.2 Å². The number of hydrogen-bond donors (Lipinski definition) is 1. The van der Waals surface area contributed by atoms with Gasteiger partial charge in [-0.25, -0.2) is 8.42 Å². The van der Waals surface area contributed by atoms with Crippen LogP contribution in [0.15, 0.2) is 47.4 Å². The smallest absolute Gasteiger partial charge is 0.261 e. The van der Waals surface area contributed by atoms with E-state index in [1.807, 2.05) is 19.9 Å². The minimum absolute atomic E-state index is 0.0746. The number of aryl methyl sites for hydroxylation is 2. The predicted molar refractivity (Wildman–Crippen MR) is 117 cm³/mol. The molecule has 0 saturated carbocycles. The zero-order chi connectivity index (χ0) is 22.0. The molecule has 0 bridgehead atoms. The van der Waals surface area contributed by atoms with Gasteiger partial charge in [-0.05, 0) is 62.1 Å². The molecule has 0 aliphatic carbocycles. The zero-order valence-electron chi connectivity index (χ0n) is 17.8. The van der Waals surface area contributed by atoms with Crippen molar-refractivity contribution in [3.8, 4) is 0 Å². The van der Waals surface area contributed by atoms with E-state index in [9.17, 15) is 13.2 Å². The summed E-state index contributed by atoms with van der Waals surface area (Å²) in [4.78, 5) is 15.0. The number of amides is 1. The van der Waals surface area contributed by atoms with Crippen molar-refractivity contribution in [2.24, 2.45) is 5.92 Å². The van der Waals surface area contributed by atoms with E-state index in [0.717, 1.165) is 24.0 Å². The number of nitrogens with one attached hydrogen (secondary N) is 1. The van der Waals surface area contributed by atoms with E-state index in [-0.39, 0.29) is 23.0 Å². The monoisotopic (exact) mass is 444 g/mol. The molecule has 1 N–H and O–H groups in total. The Labute approximate surface area is 183 Å². The number of sulfonamides is 1. The van der Waals surface area contributed by atoms with Gasteiger partial charge in [0.05, 0.1) is 18.1 Å². The van der Waals surface area contributed by atoms with Crippen LogP contribution in [-0.4, -0.2) is 51.8 Å². The van der Waals surface area contributed by atoms with Crippen LogP contribution in [0.1, 0.15) is 34.3 Å². The molecule has 0 unspecified atom stereocenters. The zero-order valence-corrected chi connectivity index (χ0v) is 18.7. The molecule has 0 atom stereocenters. The number of ether oxygens (including phenoxy) is 2. The maximum Gasteiger partial charge on any atom is 0.261 e. The summed E-state index contributed by atoms with van der Waals surface area (Å²) in [7, 11) is -3.81. The lowest BCUT2D eigenvalue weighted by atomic mass is 9.95. The Balaban J connectivity index is 1.49. The highest BCUT2D eigenvalue weighted by Crippen LogP contribution is 2.28. The summed E-state index contributed by atoms with van der Waals surface area (Å²) >= 11 is 0. The molecule has 0 aromatic heterocycles. The number of rotatable bonds is 5. The molecule has 0 radical (unpaired) electrons. The van der Waals surface area contributed by atoms with E-state index in [4.69, 9.17) is 9.47 Å². The van der Waals surface area contributed by atoms with Gasteiger partial charge in [0.15, 0.2) is 6.29 Å². The van der Waals surface area contributed by atoms with Gasteiger partial charge in [-0.2, -0.15) is 0 Å². The Kier molecular flexibility index (Phi) is 6.31. The minimum atomic E-state index is -3.81. The summed E-state index contributed by atoms with van der Waals surface area (Å²) in [6, 6.07) is 11.9. The average molecular weight is 445 g/mol. The van der Waals surface area contributed by atoms with E-state index in [2.05, 4.69) is 4.72 Å². The second kappa shape index (κ2) is 8.98. The first-order valence-electron chi connectivity index (χ1n) is 10.6. The molecular weight excluding hydrogens is 416 g/mol. The summed E-state index contributed by atoms with van der Waals surface area (Å²) in [6.45, 7) is 6.18. The largest absolute Gasteiger partial charge is 0.350 e. The number of anilines is 1. The van der Waals surface area contributed by atoms with Gasteiger partial charge in [0.2, 0.25) is 0 Å². The average Bonchev–Trinajstić information content (AvgIpc) is 3.28. The van der Waals surface area contributed by atoms with Crippen LogP contribution in [0.5, 0.6) is 0 Å². The third-order valence-corrected chi connectivity index (χ3v) is 7.26. The second-order valence-electron chi connectivity index (χ2n) is 8.19. The number of likely N-dealkylation sites (tertiary alicyclic amines) is 1. The van der Waals surface area contributed by atoms with Crippen molar-refractivity contribution in [1.82, 2.24) is 4.90 Å². The van der Waals surface area contributed by atoms with Crippen molar-refractivity contribution in [2.45, 2.75) is 37.9 Å². The third-order valence-electron chi connectivity index (χ3n) is 5.88. The summed E-state index contributed by atoms with van der Waals surface area (Å²) in [5.74, 6) is 0.148. The molecule has 2 heterocycles. The standard InChI is InChI=1S/C23H28N2O5S/c1-16-4-3-5-19(14-16)24-31(27,28)20-7-6-17(2)21(15-20)22(26)25-10-8-18(9-11-25)23-29-12-13-30-23/h3-7,14-15,18,23-24H,8-13H2,1-2H3. The van der Waals surface area contributed by atoms with Crippen LogP contribution in [0.3, 0.4) is 0 Å². The van der Waals surface area contributed by atoms with Gasteiger partial charge >= 0.3 is 0 Å². The molecule has 2 saturated heterocycles. The van der Waals surface area contributed by atoms with Gasteiger partial charge < -0.3 is 14.4 Å². The highest BCUT2D eigenvalue weighted by Gasteiger charge is 2.32. The van der Waals surface area contributed by atoms with Crippen molar-refractivity contribution in [3.63, 3.8) is 0 Å². The van der Waals surface area contributed by atoms with E-state index in [0.29, 0.717) is 37.6 Å². The lowest BCUT2D eigenvalue weighted by molar-refractivity contribution is -0.0956. The fraction of sp³-hybridized carbons (Fsp3) is 0.435. The van der Waals surface area contributed by atoms with Crippen molar-refractivity contribution in [2.75, 3.05) is 31.0 Å². The van der Waals surface area contributed by atoms with Gasteiger partial charge in [-0.15, -0.1) is 0 Å². The van der Waals surface area contributed by atoms with Crippen LogP contribution in [-0.2, 0) is 19.5 Å². The Hall–Kier alpha value is -2.42. The van der Waals surface area contributed by atoms with Crippen LogP contribution in [0, 0.1) is 19.8 Å². The topological polar surface area (TPSA) is 84.9 Å². The highest BCUT2D eigenvalue weighted by molar-refractivity contribution is 7.92. The molecule has 7 nitrogen and oxygen atoms in total. The van der Waals surface area contributed by atoms with Crippen LogP contribution < -0.4 is 4.72 Å². The highest BCUT2D eigenvalue weighted by atomic mass is 32.2. The van der Waals surface area contributed by atoms with Crippen LogP contribution in [0.2, 0.25) is 0 Å². The molecule has 1 amide bonds. The number of carbonyl (C=O) groups is 1. The molecule has 2 aliphatic heterocycles. The first-order valence-corrected chi connectivity index (χ1v) is 12.0. The number of piperidine rings is 1. The van der Waals surface area contributed by atoms with E-state index >= 15 is 0 Å². The SMILES string of the molecule is Cc1cccc(NS(=O)(=O)c2ccc(C)c(C(=O)N3CCC(C4OCCO4)CC3)c2)c1. The van der Waals surface area contributed by atoms with E-state index in [1.165, 1.54) is 12.1 Å². The summed E-state index contributed by atoms with van der Waals surface area (Å²) in [5.41, 5.74) is 2.62. The predicted octanol–water partition coefficient (Wildman–Crippen LogP) is 3.33. The molecule has 4 rings (SSSR count). The first kappa shape index (κ1) is 21.8. The van der Waals surface area contributed by atoms with Gasteiger partial charge in [-0.3, -0.25) is 9.52 Å². The Morgan fingerprint density at radius 2 is 1.74 bits per heavy atom. The Morgan fingerprint density at radius 1 is 1.03 bits per heavy atom. The van der Waals surface area contributed by atoms with Crippen LogP contribution in [0.25, 0.3) is 0 Å². The van der Waals surface area contributed by atoms with Gasteiger partial charge in [-0.1, -0.05) is 18.2 Å². The quantitative estimate of drug-likeness (QED) is 0.765. The molecular formula is C23H28N2O5S. The first-order chi connectivity index (χ1) is 14.8. The minimum Gasteiger partial charge on any atom is -0.350 e. The lowest BCUT2D eigenvalue weighted by Crippen LogP contribution is -2.41. The molecule has 2 fully saturated rings. The summed E-state index contributed by atoms with van der Waals surface area (Å²) in [6.07, 6.45) is 1.45. The summed E-state index contributed by atoms with van der Waals surface area (Å²) in [5, 5.41) is 0. The number of carbonyl (C=O) groups excluding carboxylic acids is 1. The van der Waals surface area contributed by atoms with Crippen LogP contribution >= 0.6 is 0 Å². The Bertz CT molecular complexity index is 1060. The molecule has 2 aromatic carbocycles. The maximum atomic E-state index is 13.2. The van der Waals surface area contributed by atoms with Crippen molar-refractivity contribution < 1.29 is 22.7 Å². The van der Waals surface area contributed by atoms with Crippen molar-refractivity contribution in [1.29, 1.82) is 0 Å². The molecule has 0 spiro atoms. The number of nitrogens with zero attached hydrogens (tertiary/aromatic N) is 1. The molecule has 2 aromatic rings. The van der Waals surface area contributed by atoms with Crippen LogP contribution in [0.4, 0.5) is 5.69 Å².